The molecule has 2 N–H and O–H groups in total. The highest BCUT2D eigenvalue weighted by Crippen LogP contribution is 2.33. The summed E-state index contributed by atoms with van der Waals surface area (Å²) in [6, 6.07) is 5.98. The number of unbranched alkanes of at least 4 members (excludes halogenated alkanes) is 4. The maximum absolute atomic E-state index is 13.2. The van der Waals surface area contributed by atoms with E-state index in [9.17, 15) is 18.4 Å². The van der Waals surface area contributed by atoms with Crippen LogP contribution in [0.4, 0.5) is 14.5 Å². The predicted molar refractivity (Wildman–Crippen MR) is 128 cm³/mol. The average Bonchev–Trinajstić information content (AvgIpc) is 3.13. The quantitative estimate of drug-likeness (QED) is 0.398. The van der Waals surface area contributed by atoms with Gasteiger partial charge < -0.3 is 10.2 Å². The van der Waals surface area contributed by atoms with Crippen LogP contribution < -0.4 is 10.6 Å². The highest BCUT2D eigenvalue weighted by Gasteiger charge is 2.34. The number of imide groups is 1. The van der Waals surface area contributed by atoms with Crippen molar-refractivity contribution >= 4 is 28.4 Å². The minimum Gasteiger partial charge on any atom is -0.383 e. The minimum atomic E-state index is -2.46. The summed E-state index contributed by atoms with van der Waals surface area (Å²) in [4.78, 5) is 26.0. The fourth-order valence-electron chi connectivity index (χ4n) is 5.04. The van der Waals surface area contributed by atoms with Crippen molar-refractivity contribution in [3.63, 3.8) is 0 Å². The zero-order chi connectivity index (χ0) is 24.1. The molecule has 2 aliphatic heterocycles. The smallest absolute Gasteiger partial charge is 0.250 e. The summed E-state index contributed by atoms with van der Waals surface area (Å²) >= 11 is 0. The molecule has 0 bridgehead atoms. The number of hydrogen-bond donors (Lipinski definition) is 2. The predicted octanol–water partition coefficient (Wildman–Crippen LogP) is 4.19. The van der Waals surface area contributed by atoms with Gasteiger partial charge in [0, 0.05) is 51.3 Å². The Morgan fingerprint density at radius 1 is 1.12 bits per heavy atom. The van der Waals surface area contributed by atoms with Gasteiger partial charge in [-0.1, -0.05) is 31.4 Å². The molecule has 1 aromatic heterocycles. The highest BCUT2D eigenvalue weighted by atomic mass is 19.3. The molecule has 2 amide bonds. The van der Waals surface area contributed by atoms with Crippen LogP contribution in [0.25, 0.3) is 10.9 Å². The number of aryl methyl sites for hydroxylation is 1. The van der Waals surface area contributed by atoms with Crippen LogP contribution in [-0.2, 0) is 16.6 Å². The highest BCUT2D eigenvalue weighted by molar-refractivity contribution is 6.03. The first-order valence-electron chi connectivity index (χ1n) is 12.5. The number of benzene rings is 1. The zero-order valence-corrected chi connectivity index (χ0v) is 19.9. The maximum Gasteiger partial charge on any atom is 0.250 e. The first-order chi connectivity index (χ1) is 16.3. The van der Waals surface area contributed by atoms with E-state index in [1.54, 1.807) is 0 Å². The molecule has 186 valence electrons. The van der Waals surface area contributed by atoms with Gasteiger partial charge in [-0.15, -0.1) is 0 Å². The summed E-state index contributed by atoms with van der Waals surface area (Å²) in [5.41, 5.74) is 2.69. The van der Waals surface area contributed by atoms with E-state index in [0.717, 1.165) is 67.5 Å². The number of piperidine rings is 2. The van der Waals surface area contributed by atoms with Gasteiger partial charge in [0.15, 0.2) is 0 Å². The number of carbonyl (C=O) groups excluding carboxylic acids is 2. The number of likely N-dealkylation sites (tertiary alicyclic amines) is 1. The Morgan fingerprint density at radius 3 is 2.62 bits per heavy atom. The Labute approximate surface area is 199 Å². The molecule has 1 unspecified atom stereocenters. The number of anilines is 1. The number of para-hydroxylation sites is 1. The van der Waals surface area contributed by atoms with Gasteiger partial charge in [-0.2, -0.15) is 5.10 Å². The van der Waals surface area contributed by atoms with E-state index in [1.807, 2.05) is 29.9 Å². The van der Waals surface area contributed by atoms with E-state index >= 15 is 0 Å². The van der Waals surface area contributed by atoms with Crippen LogP contribution in [0.3, 0.4) is 0 Å². The molecule has 1 aromatic carbocycles. The summed E-state index contributed by atoms with van der Waals surface area (Å²) in [6.45, 7) is 2.80. The second-order valence-corrected chi connectivity index (χ2v) is 9.61. The van der Waals surface area contributed by atoms with Crippen LogP contribution in [0.1, 0.15) is 69.4 Å². The van der Waals surface area contributed by atoms with Crippen LogP contribution in [0.5, 0.6) is 0 Å². The number of nitrogens with one attached hydrogen (secondary N) is 2. The molecule has 1 atom stereocenters. The third-order valence-corrected chi connectivity index (χ3v) is 7.02. The number of rotatable bonds is 10. The molecule has 9 heteroatoms. The van der Waals surface area contributed by atoms with Gasteiger partial charge >= 0.3 is 0 Å². The number of carbonyl (C=O) groups is 2. The monoisotopic (exact) mass is 475 g/mol. The largest absolute Gasteiger partial charge is 0.383 e. The lowest BCUT2D eigenvalue weighted by molar-refractivity contribution is -0.134. The Bertz CT molecular complexity index is 1010. The molecule has 2 saturated heterocycles. The van der Waals surface area contributed by atoms with Crippen LogP contribution in [0.15, 0.2) is 18.2 Å². The fraction of sp³-hybridized carbons (Fsp3) is 0.640. The Balaban J connectivity index is 1.21. The number of halogens is 2. The molecule has 0 aliphatic carbocycles. The van der Waals surface area contributed by atoms with Crippen molar-refractivity contribution in [2.45, 2.75) is 69.6 Å². The first-order valence-corrected chi connectivity index (χ1v) is 12.5. The Kier molecular flexibility index (Phi) is 7.80. The van der Waals surface area contributed by atoms with Gasteiger partial charge in [0.25, 0.3) is 5.92 Å². The summed E-state index contributed by atoms with van der Waals surface area (Å²) in [5, 5.41) is 11.5. The lowest BCUT2D eigenvalue weighted by Crippen LogP contribution is -2.39. The first kappa shape index (κ1) is 24.6. The number of aromatic nitrogens is 2. The van der Waals surface area contributed by atoms with Crippen molar-refractivity contribution in [2.24, 2.45) is 7.05 Å². The minimum absolute atomic E-state index is 0.00287. The van der Waals surface area contributed by atoms with E-state index in [1.165, 1.54) is 0 Å². The zero-order valence-electron chi connectivity index (χ0n) is 19.9. The maximum atomic E-state index is 13.2. The molecular weight excluding hydrogens is 440 g/mol. The van der Waals surface area contributed by atoms with Gasteiger partial charge in [-0.3, -0.25) is 19.6 Å². The van der Waals surface area contributed by atoms with Crippen molar-refractivity contribution < 1.29 is 18.4 Å². The average molecular weight is 476 g/mol. The summed E-state index contributed by atoms with van der Waals surface area (Å²) in [5.74, 6) is -3.36. The van der Waals surface area contributed by atoms with Gasteiger partial charge in [-0.25, -0.2) is 8.78 Å². The molecule has 0 radical (unpaired) electrons. The molecule has 4 rings (SSSR count). The number of alkyl halides is 2. The summed E-state index contributed by atoms with van der Waals surface area (Å²) < 4.78 is 28.3. The number of hydrogen-bond acceptors (Lipinski definition) is 5. The van der Waals surface area contributed by atoms with Crippen molar-refractivity contribution in [2.75, 3.05) is 31.5 Å². The summed E-state index contributed by atoms with van der Waals surface area (Å²) in [7, 11) is 1.88. The van der Waals surface area contributed by atoms with E-state index in [0.29, 0.717) is 25.9 Å². The van der Waals surface area contributed by atoms with E-state index in [2.05, 4.69) is 20.6 Å². The molecule has 0 saturated carbocycles. The van der Waals surface area contributed by atoms with Crippen LogP contribution in [-0.4, -0.2) is 58.6 Å². The molecule has 2 fully saturated rings. The van der Waals surface area contributed by atoms with Crippen LogP contribution >= 0.6 is 0 Å². The van der Waals surface area contributed by atoms with Crippen molar-refractivity contribution in [3.8, 4) is 0 Å². The van der Waals surface area contributed by atoms with Gasteiger partial charge in [-0.05, 0) is 31.9 Å². The van der Waals surface area contributed by atoms with E-state index in [-0.39, 0.29) is 24.7 Å². The van der Waals surface area contributed by atoms with Crippen molar-refractivity contribution in [3.05, 3.63) is 23.9 Å². The van der Waals surface area contributed by atoms with Crippen LogP contribution in [0.2, 0.25) is 0 Å². The number of nitrogens with zero attached hydrogens (tertiary/aromatic N) is 3. The van der Waals surface area contributed by atoms with Crippen LogP contribution in [0, 0.1) is 0 Å². The topological polar surface area (TPSA) is 79.3 Å². The van der Waals surface area contributed by atoms with Gasteiger partial charge in [0.05, 0.1) is 22.8 Å². The van der Waals surface area contributed by atoms with Crippen molar-refractivity contribution in [1.29, 1.82) is 0 Å². The molecule has 7 nitrogen and oxygen atoms in total. The Hall–Kier alpha value is -2.55. The second kappa shape index (κ2) is 10.8. The molecule has 2 aliphatic rings. The fourth-order valence-corrected chi connectivity index (χ4v) is 5.04. The molecule has 3 heterocycles. The number of amides is 2. The number of fused-ring (bicyclic) bond motifs is 1. The standard InChI is InChI=1S/C25H35F2N5O2/c1-31-23-18(22(30-31)19-10-11-21(33)29-24(19)34)8-7-9-20(23)28-14-5-3-2-4-6-15-32-16-12-25(26,27)13-17-32/h7-9,19,28H,2-6,10-17H2,1H3,(H,29,33,34). The van der Waals surface area contributed by atoms with E-state index < -0.39 is 11.8 Å². The third-order valence-electron chi connectivity index (χ3n) is 7.02. The van der Waals surface area contributed by atoms with Gasteiger partial charge in [0.1, 0.15) is 0 Å². The third kappa shape index (κ3) is 5.92. The van der Waals surface area contributed by atoms with E-state index in [4.69, 9.17) is 0 Å². The molecule has 0 spiro atoms. The molecular formula is C25H35F2N5O2. The van der Waals surface area contributed by atoms with Crippen molar-refractivity contribution in [1.82, 2.24) is 20.0 Å². The molecule has 34 heavy (non-hydrogen) atoms. The second-order valence-electron chi connectivity index (χ2n) is 9.61. The van der Waals surface area contributed by atoms with Gasteiger partial charge in [0.2, 0.25) is 11.8 Å². The summed E-state index contributed by atoms with van der Waals surface area (Å²) in [6.07, 6.45) is 6.31. The lowest BCUT2D eigenvalue weighted by Gasteiger charge is -2.31. The normalized spacial score (nSPS) is 21.1. The Morgan fingerprint density at radius 2 is 1.85 bits per heavy atom. The molecule has 2 aromatic rings. The SMILES string of the molecule is Cn1nc(C2CCC(=O)NC2=O)c2cccc(NCCCCCCCN3CCC(F)(F)CC3)c21. The lowest BCUT2D eigenvalue weighted by atomic mass is 9.92.